The van der Waals surface area contributed by atoms with E-state index in [-0.39, 0.29) is 0 Å². The largest absolute Gasteiger partial charge is 0.317 e. The van der Waals surface area contributed by atoms with Gasteiger partial charge in [0, 0.05) is 5.02 Å². The molecule has 16 heavy (non-hydrogen) atoms. The second-order valence-electron chi connectivity index (χ2n) is 4.66. The lowest BCUT2D eigenvalue weighted by Gasteiger charge is -2.23. The number of rotatable bonds is 3. The zero-order valence-electron chi connectivity index (χ0n) is 9.93. The summed E-state index contributed by atoms with van der Waals surface area (Å²) in [5.74, 6) is 0.838. The van der Waals surface area contributed by atoms with Crippen molar-refractivity contribution >= 4 is 11.6 Å². The van der Waals surface area contributed by atoms with Gasteiger partial charge in [-0.3, -0.25) is 0 Å². The summed E-state index contributed by atoms with van der Waals surface area (Å²) in [7, 11) is 0. The second kappa shape index (κ2) is 5.70. The SMILES string of the molecule is CCc1ccc(Cl)cc1CC1CCNCC1. The average molecular weight is 238 g/mol. The Balaban J connectivity index is 2.09. The van der Waals surface area contributed by atoms with Gasteiger partial charge < -0.3 is 5.32 Å². The van der Waals surface area contributed by atoms with E-state index < -0.39 is 0 Å². The fourth-order valence-corrected chi connectivity index (χ4v) is 2.72. The van der Waals surface area contributed by atoms with Crippen LogP contribution in [-0.2, 0) is 12.8 Å². The normalized spacial score (nSPS) is 17.6. The maximum atomic E-state index is 6.08. The van der Waals surface area contributed by atoms with Gasteiger partial charge in [0.1, 0.15) is 0 Å². The summed E-state index contributed by atoms with van der Waals surface area (Å²) in [5, 5.41) is 4.29. The lowest BCUT2D eigenvalue weighted by Crippen LogP contribution is -2.28. The molecule has 2 rings (SSSR count). The molecule has 0 saturated carbocycles. The molecular formula is C14H20ClN. The quantitative estimate of drug-likeness (QED) is 0.849. The summed E-state index contributed by atoms with van der Waals surface area (Å²) in [5.41, 5.74) is 2.92. The highest BCUT2D eigenvalue weighted by Crippen LogP contribution is 2.23. The molecule has 0 bridgehead atoms. The minimum Gasteiger partial charge on any atom is -0.317 e. The number of piperidine rings is 1. The van der Waals surface area contributed by atoms with Crippen molar-refractivity contribution < 1.29 is 0 Å². The number of benzene rings is 1. The van der Waals surface area contributed by atoms with Crippen LogP contribution in [0.5, 0.6) is 0 Å². The van der Waals surface area contributed by atoms with Crippen molar-refractivity contribution in [2.45, 2.75) is 32.6 Å². The molecule has 1 aliphatic heterocycles. The highest BCUT2D eigenvalue weighted by molar-refractivity contribution is 6.30. The van der Waals surface area contributed by atoms with Gasteiger partial charge in [-0.2, -0.15) is 0 Å². The fraction of sp³-hybridized carbons (Fsp3) is 0.571. The number of hydrogen-bond donors (Lipinski definition) is 1. The van der Waals surface area contributed by atoms with E-state index >= 15 is 0 Å². The summed E-state index contributed by atoms with van der Waals surface area (Å²) in [6, 6.07) is 6.34. The maximum Gasteiger partial charge on any atom is 0.0408 e. The first-order valence-electron chi connectivity index (χ1n) is 6.27. The van der Waals surface area contributed by atoms with Gasteiger partial charge >= 0.3 is 0 Å². The van der Waals surface area contributed by atoms with Crippen LogP contribution in [0.4, 0.5) is 0 Å². The third-order valence-electron chi connectivity index (χ3n) is 3.52. The molecule has 1 aliphatic rings. The Labute approximate surface area is 103 Å². The molecule has 1 heterocycles. The van der Waals surface area contributed by atoms with Gasteiger partial charge in [0.2, 0.25) is 0 Å². The molecule has 1 nitrogen and oxygen atoms in total. The highest BCUT2D eigenvalue weighted by atomic mass is 35.5. The lowest BCUT2D eigenvalue weighted by molar-refractivity contribution is 0.372. The van der Waals surface area contributed by atoms with E-state index in [4.69, 9.17) is 11.6 Å². The summed E-state index contributed by atoms with van der Waals surface area (Å²) in [6.07, 6.45) is 4.91. The van der Waals surface area contributed by atoms with Gasteiger partial charge in [-0.1, -0.05) is 24.6 Å². The van der Waals surface area contributed by atoms with Crippen molar-refractivity contribution in [2.75, 3.05) is 13.1 Å². The third-order valence-corrected chi connectivity index (χ3v) is 3.75. The van der Waals surface area contributed by atoms with Gasteiger partial charge in [0.25, 0.3) is 0 Å². The Morgan fingerprint density at radius 3 is 2.69 bits per heavy atom. The van der Waals surface area contributed by atoms with Gasteiger partial charge in [-0.05, 0) is 68.0 Å². The van der Waals surface area contributed by atoms with Crippen LogP contribution in [0.25, 0.3) is 0 Å². The predicted molar refractivity (Wildman–Crippen MR) is 70.1 cm³/mol. The molecule has 0 unspecified atom stereocenters. The second-order valence-corrected chi connectivity index (χ2v) is 5.10. The average Bonchev–Trinajstić information content (AvgIpc) is 2.31. The summed E-state index contributed by atoms with van der Waals surface area (Å²) in [4.78, 5) is 0. The zero-order valence-corrected chi connectivity index (χ0v) is 10.7. The first-order valence-corrected chi connectivity index (χ1v) is 6.65. The molecule has 0 aromatic heterocycles. The van der Waals surface area contributed by atoms with E-state index in [1.165, 1.54) is 43.5 Å². The molecule has 1 aromatic carbocycles. The van der Waals surface area contributed by atoms with Crippen LogP contribution in [0.3, 0.4) is 0 Å². The summed E-state index contributed by atoms with van der Waals surface area (Å²) < 4.78 is 0. The minimum absolute atomic E-state index is 0.838. The number of nitrogens with one attached hydrogen (secondary N) is 1. The Hall–Kier alpha value is -0.530. The van der Waals surface area contributed by atoms with Crippen LogP contribution >= 0.6 is 11.6 Å². The zero-order chi connectivity index (χ0) is 11.4. The molecule has 1 N–H and O–H groups in total. The van der Waals surface area contributed by atoms with Crippen molar-refractivity contribution in [3.63, 3.8) is 0 Å². The Bertz CT molecular complexity index is 343. The maximum absolute atomic E-state index is 6.08. The van der Waals surface area contributed by atoms with Crippen LogP contribution < -0.4 is 5.32 Å². The number of hydrogen-bond acceptors (Lipinski definition) is 1. The lowest BCUT2D eigenvalue weighted by atomic mass is 9.88. The Kier molecular flexibility index (Phi) is 4.25. The molecular weight excluding hydrogens is 218 g/mol. The highest BCUT2D eigenvalue weighted by Gasteiger charge is 2.15. The van der Waals surface area contributed by atoms with E-state index in [9.17, 15) is 0 Å². The van der Waals surface area contributed by atoms with Crippen LogP contribution in [-0.4, -0.2) is 13.1 Å². The summed E-state index contributed by atoms with van der Waals surface area (Å²) >= 11 is 6.08. The van der Waals surface area contributed by atoms with Crippen molar-refractivity contribution in [3.8, 4) is 0 Å². The monoisotopic (exact) mass is 237 g/mol. The van der Waals surface area contributed by atoms with Crippen molar-refractivity contribution in [2.24, 2.45) is 5.92 Å². The third kappa shape index (κ3) is 2.99. The molecule has 0 radical (unpaired) electrons. The first-order chi connectivity index (χ1) is 7.79. The van der Waals surface area contributed by atoms with Crippen molar-refractivity contribution in [1.82, 2.24) is 5.32 Å². The van der Waals surface area contributed by atoms with Gasteiger partial charge in [-0.25, -0.2) is 0 Å². The molecule has 0 aliphatic carbocycles. The molecule has 1 saturated heterocycles. The van der Waals surface area contributed by atoms with Crippen LogP contribution in [0.2, 0.25) is 5.02 Å². The molecule has 0 atom stereocenters. The Morgan fingerprint density at radius 1 is 1.25 bits per heavy atom. The molecule has 0 spiro atoms. The molecule has 88 valence electrons. The molecule has 0 amide bonds. The standard InChI is InChI=1S/C14H20ClN/c1-2-12-3-4-14(15)10-13(12)9-11-5-7-16-8-6-11/h3-4,10-11,16H,2,5-9H2,1H3. The van der Waals surface area contributed by atoms with Crippen LogP contribution in [0.15, 0.2) is 18.2 Å². The molecule has 2 heteroatoms. The van der Waals surface area contributed by atoms with Crippen LogP contribution in [0, 0.1) is 5.92 Å². The van der Waals surface area contributed by atoms with E-state index in [0.717, 1.165) is 17.4 Å². The van der Waals surface area contributed by atoms with E-state index in [2.05, 4.69) is 24.4 Å². The van der Waals surface area contributed by atoms with Gasteiger partial charge in [0.05, 0.1) is 0 Å². The van der Waals surface area contributed by atoms with Crippen molar-refractivity contribution in [1.29, 1.82) is 0 Å². The predicted octanol–water partition coefficient (Wildman–Crippen LogP) is 3.44. The topological polar surface area (TPSA) is 12.0 Å². The Morgan fingerprint density at radius 2 is 2.00 bits per heavy atom. The van der Waals surface area contributed by atoms with Crippen LogP contribution in [0.1, 0.15) is 30.9 Å². The van der Waals surface area contributed by atoms with E-state index in [0.29, 0.717) is 0 Å². The number of aryl methyl sites for hydroxylation is 1. The summed E-state index contributed by atoms with van der Waals surface area (Å²) in [6.45, 7) is 4.56. The van der Waals surface area contributed by atoms with E-state index in [1.807, 2.05) is 6.07 Å². The van der Waals surface area contributed by atoms with Crippen molar-refractivity contribution in [3.05, 3.63) is 34.3 Å². The molecule has 1 fully saturated rings. The van der Waals surface area contributed by atoms with Gasteiger partial charge in [0.15, 0.2) is 0 Å². The van der Waals surface area contributed by atoms with E-state index in [1.54, 1.807) is 0 Å². The smallest absolute Gasteiger partial charge is 0.0408 e. The molecule has 1 aromatic rings. The first kappa shape index (κ1) is 11.9. The fourth-order valence-electron chi connectivity index (χ4n) is 2.53. The number of halogens is 1. The van der Waals surface area contributed by atoms with Gasteiger partial charge in [-0.15, -0.1) is 0 Å². The minimum atomic E-state index is 0.838.